The lowest BCUT2D eigenvalue weighted by atomic mass is 10.4. The van der Waals surface area contributed by atoms with Crippen molar-refractivity contribution in [2.24, 2.45) is 0 Å². The second-order valence-corrected chi connectivity index (χ2v) is 4.12. The van der Waals surface area contributed by atoms with Gasteiger partial charge in [-0.05, 0) is 23.0 Å². The molecular formula is C12H14S2. The fourth-order valence-corrected chi connectivity index (χ4v) is 2.12. The van der Waals surface area contributed by atoms with Gasteiger partial charge in [0.2, 0.25) is 0 Å². The zero-order valence-electron chi connectivity index (χ0n) is 8.11. The van der Waals surface area contributed by atoms with E-state index in [-0.39, 0.29) is 0 Å². The summed E-state index contributed by atoms with van der Waals surface area (Å²) < 4.78 is 0. The minimum Gasteiger partial charge on any atom is -0.0990 e. The van der Waals surface area contributed by atoms with Gasteiger partial charge < -0.3 is 0 Å². The second kappa shape index (κ2) is 8.73. The Kier molecular flexibility index (Phi) is 8.19. The first-order valence-corrected chi connectivity index (χ1v) is 5.77. The van der Waals surface area contributed by atoms with Gasteiger partial charge in [0.25, 0.3) is 0 Å². The Labute approximate surface area is 94.9 Å². The lowest BCUT2D eigenvalue weighted by Crippen LogP contribution is -1.77. The molecule has 2 heteroatoms. The van der Waals surface area contributed by atoms with Crippen molar-refractivity contribution in [1.29, 1.82) is 0 Å². The Morgan fingerprint density at radius 3 is 1.29 bits per heavy atom. The fraction of sp³-hybridized carbons (Fsp3) is 0. The topological polar surface area (TPSA) is 0 Å². The van der Waals surface area contributed by atoms with Gasteiger partial charge in [0.05, 0.1) is 0 Å². The van der Waals surface area contributed by atoms with E-state index in [0.29, 0.717) is 0 Å². The summed E-state index contributed by atoms with van der Waals surface area (Å²) in [5.41, 5.74) is 0. The molecule has 0 spiro atoms. The van der Waals surface area contributed by atoms with E-state index in [1.807, 2.05) is 12.2 Å². The van der Waals surface area contributed by atoms with Crippen LogP contribution in [0.3, 0.4) is 0 Å². The number of thioether (sulfide) groups is 2. The highest BCUT2D eigenvalue weighted by Crippen LogP contribution is 2.33. The van der Waals surface area contributed by atoms with Crippen LogP contribution in [0.1, 0.15) is 0 Å². The molecule has 0 aromatic carbocycles. The van der Waals surface area contributed by atoms with Crippen LogP contribution in [0.4, 0.5) is 0 Å². The van der Waals surface area contributed by atoms with Crippen molar-refractivity contribution in [3.05, 3.63) is 71.2 Å². The maximum absolute atomic E-state index is 3.69. The number of hydrogen-bond donors (Lipinski definition) is 0. The summed E-state index contributed by atoms with van der Waals surface area (Å²) in [5.74, 6) is 0. The van der Waals surface area contributed by atoms with Crippen molar-refractivity contribution < 1.29 is 0 Å². The van der Waals surface area contributed by atoms with Gasteiger partial charge in [-0.2, -0.15) is 0 Å². The first-order valence-electron chi connectivity index (χ1n) is 4.01. The van der Waals surface area contributed by atoms with Crippen molar-refractivity contribution in [3.63, 3.8) is 0 Å². The summed E-state index contributed by atoms with van der Waals surface area (Å²) in [6.07, 6.45) is 7.40. The molecule has 74 valence electrons. The molecule has 0 N–H and O–H groups in total. The number of hydrogen-bond acceptors (Lipinski definition) is 2. The summed E-state index contributed by atoms with van der Waals surface area (Å²) in [7, 11) is 0. The minimum atomic E-state index is 1.10. The highest BCUT2D eigenvalue weighted by molar-refractivity contribution is 8.10. The Balaban J connectivity index is 4.89. The molecule has 0 aliphatic heterocycles. The molecule has 0 atom stereocenters. The Bertz CT molecular complexity index is 253. The quantitative estimate of drug-likeness (QED) is 0.563. The Hall–Kier alpha value is -0.860. The summed E-state index contributed by atoms with van der Waals surface area (Å²) in [6.45, 7) is 14.7. The lowest BCUT2D eigenvalue weighted by molar-refractivity contribution is 1.81. The molecule has 0 fully saturated rings. The van der Waals surface area contributed by atoms with E-state index < -0.39 is 0 Å². The molecule has 0 rings (SSSR count). The van der Waals surface area contributed by atoms with Crippen LogP contribution in [0.25, 0.3) is 0 Å². The van der Waals surface area contributed by atoms with E-state index in [1.165, 1.54) is 0 Å². The van der Waals surface area contributed by atoms with Gasteiger partial charge in [-0.1, -0.05) is 62.0 Å². The van der Waals surface area contributed by atoms with Crippen LogP contribution < -0.4 is 0 Å². The average molecular weight is 222 g/mol. The van der Waals surface area contributed by atoms with E-state index in [1.54, 1.807) is 46.5 Å². The van der Waals surface area contributed by atoms with Crippen LogP contribution in [-0.2, 0) is 0 Å². The van der Waals surface area contributed by atoms with Crippen LogP contribution in [0.5, 0.6) is 0 Å². The molecule has 0 bridgehead atoms. The van der Waals surface area contributed by atoms with Gasteiger partial charge in [0.1, 0.15) is 0 Å². The molecule has 0 aliphatic rings. The van der Waals surface area contributed by atoms with Gasteiger partial charge in [-0.25, -0.2) is 0 Å². The van der Waals surface area contributed by atoms with E-state index in [2.05, 4.69) is 26.3 Å². The highest BCUT2D eigenvalue weighted by Gasteiger charge is 2.01. The van der Waals surface area contributed by atoms with Crippen molar-refractivity contribution in [1.82, 2.24) is 0 Å². The summed E-state index contributed by atoms with van der Waals surface area (Å²) >= 11 is 3.12. The maximum Gasteiger partial charge on any atom is 0.0255 e. The molecule has 0 saturated heterocycles. The maximum atomic E-state index is 3.69. The Morgan fingerprint density at radius 1 is 0.714 bits per heavy atom. The van der Waals surface area contributed by atoms with E-state index in [0.717, 1.165) is 9.81 Å². The van der Waals surface area contributed by atoms with Crippen molar-refractivity contribution in [2.75, 3.05) is 0 Å². The van der Waals surface area contributed by atoms with Crippen LogP contribution in [0, 0.1) is 0 Å². The molecule has 14 heavy (non-hydrogen) atoms. The van der Waals surface area contributed by atoms with Crippen molar-refractivity contribution >= 4 is 23.5 Å². The third kappa shape index (κ3) is 5.00. The molecule has 0 aliphatic carbocycles. The molecule has 0 heterocycles. The summed E-state index contributed by atoms with van der Waals surface area (Å²) in [4.78, 5) is 2.19. The van der Waals surface area contributed by atoms with Gasteiger partial charge in [-0.3, -0.25) is 0 Å². The predicted octanol–water partition coefficient (Wildman–Crippen LogP) is 4.88. The van der Waals surface area contributed by atoms with Crippen molar-refractivity contribution in [3.8, 4) is 0 Å². The minimum absolute atomic E-state index is 1.10. The smallest absolute Gasteiger partial charge is 0.0255 e. The van der Waals surface area contributed by atoms with E-state index >= 15 is 0 Å². The summed E-state index contributed by atoms with van der Waals surface area (Å²) in [6, 6.07) is 0. The van der Waals surface area contributed by atoms with Crippen LogP contribution in [0.2, 0.25) is 0 Å². The fourth-order valence-electron chi connectivity index (χ4n) is 0.753. The zero-order chi connectivity index (χ0) is 10.8. The highest BCUT2D eigenvalue weighted by atomic mass is 32.2. The number of allylic oxidation sites excluding steroid dienone is 4. The normalized spacial score (nSPS) is 12.0. The second-order valence-electron chi connectivity index (χ2n) is 2.10. The monoisotopic (exact) mass is 222 g/mol. The molecule has 0 unspecified atom stereocenters. The first-order chi connectivity index (χ1) is 6.79. The van der Waals surface area contributed by atoms with E-state index in [4.69, 9.17) is 0 Å². The van der Waals surface area contributed by atoms with Crippen molar-refractivity contribution in [2.45, 2.75) is 0 Å². The molecule has 0 aromatic heterocycles. The van der Waals surface area contributed by atoms with Crippen LogP contribution in [-0.4, -0.2) is 0 Å². The number of rotatable bonds is 7. The Morgan fingerprint density at radius 2 is 1.07 bits per heavy atom. The zero-order valence-corrected chi connectivity index (χ0v) is 9.74. The van der Waals surface area contributed by atoms with Gasteiger partial charge in [0, 0.05) is 9.81 Å². The van der Waals surface area contributed by atoms with Gasteiger partial charge in [-0.15, -0.1) is 0 Å². The lowest BCUT2D eigenvalue weighted by Gasteiger charge is -2.05. The molecule has 0 radical (unpaired) electrons. The molecule has 0 aromatic rings. The van der Waals surface area contributed by atoms with E-state index in [9.17, 15) is 0 Å². The third-order valence-corrected chi connectivity index (χ3v) is 2.88. The molecule has 0 nitrogen and oxygen atoms in total. The average Bonchev–Trinajstić information content (AvgIpc) is 2.17. The van der Waals surface area contributed by atoms with Crippen LogP contribution >= 0.6 is 23.5 Å². The third-order valence-electron chi connectivity index (χ3n) is 1.20. The standard InChI is InChI=1S/C12H14S2/c1-5-9-11(13-7-3)12(10-6-2)14-8-4/h5-10H,1-4H2/b11-9-,12-10-. The first kappa shape index (κ1) is 13.1. The van der Waals surface area contributed by atoms with Gasteiger partial charge >= 0.3 is 0 Å². The SMILES string of the molecule is C=C/C=C(SC=C)/C(=C/C=C)SC=C. The van der Waals surface area contributed by atoms with Crippen LogP contribution in [0.15, 0.2) is 71.2 Å². The largest absolute Gasteiger partial charge is 0.0990 e. The molecular weight excluding hydrogens is 208 g/mol. The predicted molar refractivity (Wildman–Crippen MR) is 72.1 cm³/mol. The van der Waals surface area contributed by atoms with Gasteiger partial charge in [0.15, 0.2) is 0 Å². The summed E-state index contributed by atoms with van der Waals surface area (Å²) in [5, 5.41) is 3.58. The molecule has 0 amide bonds. The molecule has 0 saturated carbocycles.